The summed E-state index contributed by atoms with van der Waals surface area (Å²) in [6.45, 7) is 2.41. The topological polar surface area (TPSA) is 97.5 Å². The molecule has 2 N–H and O–H groups in total. The van der Waals surface area contributed by atoms with Gasteiger partial charge in [-0.3, -0.25) is 0 Å². The number of nitrogens with zero attached hydrogens (tertiary/aromatic N) is 2. The van der Waals surface area contributed by atoms with Crippen LogP contribution in [0.15, 0.2) is 53.1 Å². The van der Waals surface area contributed by atoms with E-state index in [2.05, 4.69) is 15.5 Å². The van der Waals surface area contributed by atoms with E-state index in [1.807, 2.05) is 24.3 Å². The number of benzene rings is 2. The molecular formula is C21H19F4N3O4. The Kier molecular flexibility index (Phi) is 7.41. The van der Waals surface area contributed by atoms with Crippen LogP contribution in [0.1, 0.15) is 11.5 Å². The summed E-state index contributed by atoms with van der Waals surface area (Å²) in [4.78, 5) is 13.3. The van der Waals surface area contributed by atoms with Gasteiger partial charge in [0.25, 0.3) is 0 Å². The summed E-state index contributed by atoms with van der Waals surface area (Å²) in [6, 6.07) is 13.8. The molecule has 0 bridgehead atoms. The van der Waals surface area contributed by atoms with Crippen LogP contribution >= 0.6 is 0 Å². The van der Waals surface area contributed by atoms with Gasteiger partial charge in [-0.1, -0.05) is 17.3 Å². The number of carboxylic acid groups (broad SMARTS) is 1. The van der Waals surface area contributed by atoms with Crippen LogP contribution in [0.2, 0.25) is 0 Å². The molecule has 0 amide bonds. The van der Waals surface area contributed by atoms with E-state index in [4.69, 9.17) is 19.2 Å². The van der Waals surface area contributed by atoms with E-state index in [9.17, 15) is 17.6 Å². The highest BCUT2D eigenvalue weighted by molar-refractivity contribution is 5.73. The Morgan fingerprint density at radius 1 is 1.12 bits per heavy atom. The van der Waals surface area contributed by atoms with Crippen molar-refractivity contribution in [3.05, 3.63) is 65.8 Å². The van der Waals surface area contributed by atoms with Gasteiger partial charge in [0.15, 0.2) is 0 Å². The fourth-order valence-electron chi connectivity index (χ4n) is 2.64. The number of ether oxygens (including phenoxy) is 1. The second-order valence-corrected chi connectivity index (χ2v) is 6.98. The van der Waals surface area contributed by atoms with Gasteiger partial charge in [-0.25, -0.2) is 9.18 Å². The first-order valence-electron chi connectivity index (χ1n) is 9.52. The Balaban J connectivity index is 0.000000360. The van der Waals surface area contributed by atoms with E-state index in [0.717, 1.165) is 36.4 Å². The number of aromatic nitrogens is 2. The maximum atomic E-state index is 12.9. The van der Waals surface area contributed by atoms with E-state index in [1.165, 1.54) is 12.1 Å². The van der Waals surface area contributed by atoms with E-state index in [-0.39, 0.29) is 5.82 Å². The third kappa shape index (κ3) is 6.77. The first-order chi connectivity index (χ1) is 15.2. The molecule has 7 nitrogen and oxygen atoms in total. The summed E-state index contributed by atoms with van der Waals surface area (Å²) in [5.41, 5.74) is 1.80. The van der Waals surface area contributed by atoms with Crippen molar-refractivity contribution in [3.8, 4) is 17.1 Å². The number of hydrogen-bond donors (Lipinski definition) is 2. The summed E-state index contributed by atoms with van der Waals surface area (Å²) in [6.07, 6.45) is -4.27. The molecule has 4 rings (SSSR count). The third-order valence-electron chi connectivity index (χ3n) is 4.47. The smallest absolute Gasteiger partial charge is 0.489 e. The van der Waals surface area contributed by atoms with Crippen molar-refractivity contribution in [2.75, 3.05) is 13.1 Å². The Hall–Kier alpha value is -3.47. The predicted molar refractivity (Wildman–Crippen MR) is 104 cm³/mol. The van der Waals surface area contributed by atoms with Crippen molar-refractivity contribution in [2.45, 2.75) is 19.2 Å². The van der Waals surface area contributed by atoms with Gasteiger partial charge in [0.05, 0.1) is 0 Å². The van der Waals surface area contributed by atoms with Crippen molar-refractivity contribution < 1.29 is 36.7 Å². The summed E-state index contributed by atoms with van der Waals surface area (Å²) in [5.74, 6) is -0.410. The Morgan fingerprint density at radius 3 is 2.28 bits per heavy atom. The minimum atomic E-state index is -5.08. The Morgan fingerprint density at radius 2 is 1.75 bits per heavy atom. The lowest BCUT2D eigenvalue weighted by Gasteiger charge is -2.25. The van der Waals surface area contributed by atoms with Crippen LogP contribution in [-0.4, -0.2) is 40.5 Å². The van der Waals surface area contributed by atoms with Crippen molar-refractivity contribution >= 4 is 5.97 Å². The van der Waals surface area contributed by atoms with E-state index in [1.54, 1.807) is 12.1 Å². The van der Waals surface area contributed by atoms with E-state index < -0.39 is 12.1 Å². The molecule has 0 unspecified atom stereocenters. The van der Waals surface area contributed by atoms with Crippen LogP contribution in [0, 0.1) is 11.7 Å². The maximum Gasteiger partial charge on any atom is 0.490 e. The van der Waals surface area contributed by atoms with Crippen LogP contribution in [0.25, 0.3) is 11.4 Å². The molecule has 32 heavy (non-hydrogen) atoms. The quantitative estimate of drug-likeness (QED) is 0.547. The summed E-state index contributed by atoms with van der Waals surface area (Å²) in [5, 5.41) is 14.4. The minimum absolute atomic E-state index is 0.249. The van der Waals surface area contributed by atoms with Crippen LogP contribution in [0.5, 0.6) is 5.75 Å². The minimum Gasteiger partial charge on any atom is -0.489 e. The number of nitrogens with one attached hydrogen (secondary N) is 1. The fraction of sp³-hybridized carbons (Fsp3) is 0.286. The summed E-state index contributed by atoms with van der Waals surface area (Å²) >= 11 is 0. The van der Waals surface area contributed by atoms with Gasteiger partial charge in [-0.2, -0.15) is 18.2 Å². The van der Waals surface area contributed by atoms with E-state index in [0.29, 0.717) is 24.2 Å². The lowest BCUT2D eigenvalue weighted by molar-refractivity contribution is -0.192. The molecule has 1 aliphatic rings. The zero-order valence-corrected chi connectivity index (χ0v) is 16.6. The maximum absolute atomic E-state index is 12.9. The van der Waals surface area contributed by atoms with Gasteiger partial charge in [0.1, 0.15) is 18.2 Å². The third-order valence-corrected chi connectivity index (χ3v) is 4.47. The monoisotopic (exact) mass is 453 g/mol. The van der Waals surface area contributed by atoms with Crippen LogP contribution < -0.4 is 10.1 Å². The average molecular weight is 453 g/mol. The Labute approximate surface area is 180 Å². The van der Waals surface area contributed by atoms with Crippen molar-refractivity contribution in [1.82, 2.24) is 15.5 Å². The second-order valence-electron chi connectivity index (χ2n) is 6.98. The molecule has 1 fully saturated rings. The molecule has 1 saturated heterocycles. The number of aliphatic carboxylic acids is 1. The van der Waals surface area contributed by atoms with Crippen LogP contribution in [0.3, 0.4) is 0 Å². The van der Waals surface area contributed by atoms with Gasteiger partial charge in [0, 0.05) is 12.0 Å². The molecule has 0 radical (unpaired) electrons. The number of halogens is 4. The highest BCUT2D eigenvalue weighted by Crippen LogP contribution is 2.22. The average Bonchev–Trinajstić information content (AvgIpc) is 3.19. The fourth-order valence-corrected chi connectivity index (χ4v) is 2.64. The lowest BCUT2D eigenvalue weighted by atomic mass is 10.00. The second kappa shape index (κ2) is 10.2. The SMILES string of the molecule is Fc1ccc(COc2ccc(-c3noc(CC4CNC4)n3)cc2)cc1.O=C(O)C(F)(F)F. The highest BCUT2D eigenvalue weighted by atomic mass is 19.4. The molecule has 0 atom stereocenters. The first kappa shape index (κ1) is 23.2. The molecule has 1 aliphatic heterocycles. The molecule has 2 heterocycles. The first-order valence-corrected chi connectivity index (χ1v) is 9.52. The standard InChI is InChI=1S/C19H18FN3O2.C2HF3O2/c20-16-5-1-13(2-6-16)12-24-17-7-3-15(4-8-17)19-22-18(25-23-19)9-14-10-21-11-14;3-2(4,5)1(6)7/h1-8,14,21H,9-12H2;(H,6,7). The largest absolute Gasteiger partial charge is 0.490 e. The number of rotatable bonds is 6. The molecule has 1 aromatic heterocycles. The molecule has 11 heteroatoms. The number of hydrogen-bond acceptors (Lipinski definition) is 6. The molecular weight excluding hydrogens is 434 g/mol. The number of carboxylic acids is 1. The zero-order valence-electron chi connectivity index (χ0n) is 16.6. The van der Waals surface area contributed by atoms with E-state index >= 15 is 0 Å². The number of alkyl halides is 3. The van der Waals surface area contributed by atoms with Gasteiger partial charge >= 0.3 is 12.1 Å². The van der Waals surface area contributed by atoms with Crippen LogP contribution in [0.4, 0.5) is 17.6 Å². The lowest BCUT2D eigenvalue weighted by Crippen LogP contribution is -2.43. The molecule has 3 aromatic rings. The van der Waals surface area contributed by atoms with Crippen LogP contribution in [-0.2, 0) is 17.8 Å². The molecule has 2 aromatic carbocycles. The van der Waals surface area contributed by atoms with Gasteiger partial charge < -0.3 is 19.7 Å². The van der Waals surface area contributed by atoms with Crippen molar-refractivity contribution in [3.63, 3.8) is 0 Å². The Bertz CT molecular complexity index is 1020. The number of carbonyl (C=O) groups is 1. The van der Waals surface area contributed by atoms with Crippen molar-refractivity contribution in [2.24, 2.45) is 5.92 Å². The molecule has 0 aliphatic carbocycles. The zero-order chi connectivity index (χ0) is 23.1. The van der Waals surface area contributed by atoms with Gasteiger partial charge in [-0.15, -0.1) is 0 Å². The van der Waals surface area contributed by atoms with Gasteiger partial charge in [-0.05, 0) is 61.0 Å². The van der Waals surface area contributed by atoms with Gasteiger partial charge in [0.2, 0.25) is 11.7 Å². The predicted octanol–water partition coefficient (Wildman–Crippen LogP) is 3.85. The molecule has 0 spiro atoms. The van der Waals surface area contributed by atoms with Crippen molar-refractivity contribution in [1.29, 1.82) is 0 Å². The summed E-state index contributed by atoms with van der Waals surface area (Å²) < 4.78 is 55.7. The highest BCUT2D eigenvalue weighted by Gasteiger charge is 2.38. The molecule has 0 saturated carbocycles. The normalized spacial score (nSPS) is 13.6. The molecule has 170 valence electrons. The summed E-state index contributed by atoms with van der Waals surface area (Å²) in [7, 11) is 0.